The summed E-state index contributed by atoms with van der Waals surface area (Å²) in [7, 11) is 0. The molecule has 2 aliphatic rings. The zero-order chi connectivity index (χ0) is 14.1. The van der Waals surface area contributed by atoms with Crippen LogP contribution in [0.15, 0.2) is 5.16 Å². The van der Waals surface area contributed by atoms with Crippen LogP contribution >= 0.6 is 11.8 Å². The fraction of sp³-hybridized carbons (Fsp3) is 0.769. The molecule has 1 aromatic rings. The van der Waals surface area contributed by atoms with E-state index in [2.05, 4.69) is 26.6 Å². The molecule has 110 valence electrons. The van der Waals surface area contributed by atoms with E-state index < -0.39 is 5.97 Å². The lowest BCUT2D eigenvalue weighted by Gasteiger charge is -2.23. The Hall–Kier alpha value is -1.08. The third-order valence-electron chi connectivity index (χ3n) is 4.28. The number of aromatic nitrogens is 3. The van der Waals surface area contributed by atoms with Crippen LogP contribution in [0.2, 0.25) is 0 Å². The minimum Gasteiger partial charge on any atom is -0.481 e. The van der Waals surface area contributed by atoms with Crippen molar-refractivity contribution in [3.63, 3.8) is 0 Å². The van der Waals surface area contributed by atoms with Gasteiger partial charge < -0.3 is 9.67 Å². The molecule has 3 rings (SSSR count). The van der Waals surface area contributed by atoms with Gasteiger partial charge in [-0.25, -0.2) is 0 Å². The summed E-state index contributed by atoms with van der Waals surface area (Å²) in [6, 6.07) is 0.999. The van der Waals surface area contributed by atoms with Crippen LogP contribution in [-0.4, -0.2) is 55.6 Å². The number of fused-ring (bicyclic) bond motifs is 1. The second kappa shape index (κ2) is 5.73. The molecule has 2 saturated heterocycles. The standard InChI is InChI=1S/C13H20N4O2S/c1-2-11-14-15-13(20-8-12(18)19)17(11)10-5-7-16-6-3-4-9(10)16/h9-10H,2-8H2,1H3,(H,18,19). The molecule has 3 heterocycles. The quantitative estimate of drug-likeness (QED) is 0.829. The average molecular weight is 296 g/mol. The molecule has 0 spiro atoms. The molecule has 0 radical (unpaired) electrons. The number of hydrogen-bond donors (Lipinski definition) is 1. The lowest BCUT2D eigenvalue weighted by Crippen LogP contribution is -2.28. The summed E-state index contributed by atoms with van der Waals surface area (Å²) >= 11 is 1.28. The maximum Gasteiger partial charge on any atom is 0.313 e. The molecule has 2 unspecified atom stereocenters. The van der Waals surface area contributed by atoms with Crippen molar-refractivity contribution in [1.82, 2.24) is 19.7 Å². The van der Waals surface area contributed by atoms with Crippen LogP contribution < -0.4 is 0 Å². The van der Waals surface area contributed by atoms with Crippen molar-refractivity contribution >= 4 is 17.7 Å². The van der Waals surface area contributed by atoms with E-state index in [0.29, 0.717) is 12.1 Å². The van der Waals surface area contributed by atoms with Crippen LogP contribution in [0.25, 0.3) is 0 Å². The van der Waals surface area contributed by atoms with Crippen LogP contribution in [0.4, 0.5) is 0 Å². The van der Waals surface area contributed by atoms with Gasteiger partial charge in [-0.15, -0.1) is 10.2 Å². The van der Waals surface area contributed by atoms with Gasteiger partial charge >= 0.3 is 5.97 Å². The summed E-state index contributed by atoms with van der Waals surface area (Å²) in [6.45, 7) is 4.41. The lowest BCUT2D eigenvalue weighted by molar-refractivity contribution is -0.133. The van der Waals surface area contributed by atoms with Gasteiger partial charge in [0.2, 0.25) is 0 Å². The summed E-state index contributed by atoms with van der Waals surface area (Å²) in [5.74, 6) is 0.219. The van der Waals surface area contributed by atoms with Gasteiger partial charge in [0.1, 0.15) is 5.82 Å². The Kier molecular flexibility index (Phi) is 3.98. The van der Waals surface area contributed by atoms with Gasteiger partial charge in [-0.05, 0) is 25.8 Å². The molecule has 0 saturated carbocycles. The van der Waals surface area contributed by atoms with Gasteiger partial charge in [-0.2, -0.15) is 0 Å². The van der Waals surface area contributed by atoms with Gasteiger partial charge in [0.25, 0.3) is 0 Å². The molecule has 0 aliphatic carbocycles. The Morgan fingerprint density at radius 3 is 2.95 bits per heavy atom. The summed E-state index contributed by atoms with van der Waals surface area (Å²) in [5.41, 5.74) is 0. The maximum atomic E-state index is 10.8. The van der Waals surface area contributed by atoms with Crippen molar-refractivity contribution in [3.8, 4) is 0 Å². The van der Waals surface area contributed by atoms with E-state index in [-0.39, 0.29) is 5.75 Å². The van der Waals surface area contributed by atoms with Crippen molar-refractivity contribution in [2.24, 2.45) is 0 Å². The second-order valence-electron chi connectivity index (χ2n) is 5.41. The highest BCUT2D eigenvalue weighted by atomic mass is 32.2. The molecule has 1 aromatic heterocycles. The zero-order valence-electron chi connectivity index (χ0n) is 11.7. The Balaban J connectivity index is 1.86. The van der Waals surface area contributed by atoms with Crippen LogP contribution in [-0.2, 0) is 11.2 Å². The van der Waals surface area contributed by atoms with Crippen LogP contribution in [0.1, 0.15) is 38.1 Å². The number of thioether (sulfide) groups is 1. The van der Waals surface area contributed by atoms with Gasteiger partial charge in [-0.1, -0.05) is 18.7 Å². The minimum absolute atomic E-state index is 0.0446. The van der Waals surface area contributed by atoms with Crippen molar-refractivity contribution in [3.05, 3.63) is 5.82 Å². The molecular formula is C13H20N4O2S. The maximum absolute atomic E-state index is 10.8. The smallest absolute Gasteiger partial charge is 0.313 e. The third kappa shape index (κ3) is 2.44. The number of rotatable bonds is 5. The molecule has 2 fully saturated rings. The predicted octanol–water partition coefficient (Wildman–Crippen LogP) is 1.43. The van der Waals surface area contributed by atoms with E-state index in [1.165, 1.54) is 31.1 Å². The SMILES string of the molecule is CCc1nnc(SCC(=O)O)n1C1CCN2CCCC12. The summed E-state index contributed by atoms with van der Waals surface area (Å²) < 4.78 is 2.21. The van der Waals surface area contributed by atoms with E-state index in [1.54, 1.807) is 0 Å². The van der Waals surface area contributed by atoms with Crippen LogP contribution in [0.5, 0.6) is 0 Å². The molecular weight excluding hydrogens is 276 g/mol. The molecule has 6 nitrogen and oxygen atoms in total. The lowest BCUT2D eigenvalue weighted by atomic mass is 10.1. The first-order chi connectivity index (χ1) is 9.70. The van der Waals surface area contributed by atoms with Gasteiger partial charge in [0, 0.05) is 19.0 Å². The number of carboxylic acids is 1. The molecule has 0 amide bonds. The molecule has 1 N–H and O–H groups in total. The van der Waals surface area contributed by atoms with Crippen LogP contribution in [0.3, 0.4) is 0 Å². The minimum atomic E-state index is -0.809. The Labute approximate surface area is 122 Å². The van der Waals surface area contributed by atoms with E-state index in [4.69, 9.17) is 5.11 Å². The number of carbonyl (C=O) groups is 1. The van der Waals surface area contributed by atoms with Gasteiger partial charge in [0.15, 0.2) is 5.16 Å². The molecule has 0 aromatic carbocycles. The Bertz CT molecular complexity index is 505. The van der Waals surface area contributed by atoms with E-state index in [1.807, 2.05) is 0 Å². The predicted molar refractivity (Wildman–Crippen MR) is 76.0 cm³/mol. The van der Waals surface area contributed by atoms with Crippen molar-refractivity contribution < 1.29 is 9.90 Å². The highest BCUT2D eigenvalue weighted by Crippen LogP contribution is 2.38. The highest BCUT2D eigenvalue weighted by Gasteiger charge is 2.39. The molecule has 20 heavy (non-hydrogen) atoms. The Morgan fingerprint density at radius 2 is 2.20 bits per heavy atom. The van der Waals surface area contributed by atoms with E-state index in [0.717, 1.165) is 30.4 Å². The van der Waals surface area contributed by atoms with Crippen molar-refractivity contribution in [2.75, 3.05) is 18.8 Å². The number of aliphatic carboxylic acids is 1. The summed E-state index contributed by atoms with van der Waals surface area (Å²) in [4.78, 5) is 13.3. The average Bonchev–Trinajstić information content (AvgIpc) is 3.10. The summed E-state index contributed by atoms with van der Waals surface area (Å²) in [5, 5.41) is 18.1. The third-order valence-corrected chi connectivity index (χ3v) is 5.21. The number of aryl methyl sites for hydroxylation is 1. The normalized spacial score (nSPS) is 26.1. The van der Waals surface area contributed by atoms with E-state index >= 15 is 0 Å². The molecule has 2 atom stereocenters. The largest absolute Gasteiger partial charge is 0.481 e. The topological polar surface area (TPSA) is 71.2 Å². The summed E-state index contributed by atoms with van der Waals surface area (Å²) in [6.07, 6.45) is 4.46. The number of nitrogens with zero attached hydrogens (tertiary/aromatic N) is 4. The fourth-order valence-electron chi connectivity index (χ4n) is 3.46. The zero-order valence-corrected chi connectivity index (χ0v) is 12.5. The molecule has 7 heteroatoms. The van der Waals surface area contributed by atoms with E-state index in [9.17, 15) is 4.79 Å². The first-order valence-corrected chi connectivity index (χ1v) is 8.21. The number of hydrogen-bond acceptors (Lipinski definition) is 5. The van der Waals surface area contributed by atoms with Gasteiger partial charge in [0.05, 0.1) is 11.8 Å². The molecule has 0 bridgehead atoms. The molecule has 2 aliphatic heterocycles. The highest BCUT2D eigenvalue weighted by molar-refractivity contribution is 7.99. The van der Waals surface area contributed by atoms with Gasteiger partial charge in [-0.3, -0.25) is 9.69 Å². The Morgan fingerprint density at radius 1 is 1.35 bits per heavy atom. The van der Waals surface area contributed by atoms with Crippen molar-refractivity contribution in [2.45, 2.75) is 49.8 Å². The monoisotopic (exact) mass is 296 g/mol. The first-order valence-electron chi connectivity index (χ1n) is 7.23. The fourth-order valence-corrected chi connectivity index (χ4v) is 4.19. The first kappa shape index (κ1) is 13.9. The van der Waals surface area contributed by atoms with Crippen LogP contribution in [0, 0.1) is 0 Å². The number of carboxylic acid groups (broad SMARTS) is 1. The van der Waals surface area contributed by atoms with Crippen molar-refractivity contribution in [1.29, 1.82) is 0 Å². The second-order valence-corrected chi connectivity index (χ2v) is 6.35.